The summed E-state index contributed by atoms with van der Waals surface area (Å²) in [4.78, 5) is 0. The molecule has 0 heterocycles. The van der Waals surface area contributed by atoms with E-state index >= 15 is 0 Å². The van der Waals surface area contributed by atoms with Crippen LogP contribution in [0.5, 0.6) is 0 Å². The number of nitrogens with one attached hydrogen (secondary N) is 1. The monoisotopic (exact) mass is 291 g/mol. The molecule has 0 spiro atoms. The maximum Gasteiger partial charge on any atom is 0.0704 e. The van der Waals surface area contributed by atoms with Crippen LogP contribution in [0.25, 0.3) is 0 Å². The summed E-state index contributed by atoms with van der Waals surface area (Å²) < 4.78 is 21.4. The van der Waals surface area contributed by atoms with Crippen molar-refractivity contribution < 1.29 is 18.9 Å². The van der Waals surface area contributed by atoms with Crippen LogP contribution in [0, 0.1) is 0 Å². The zero-order chi connectivity index (χ0) is 15.3. The first-order chi connectivity index (χ1) is 9.49. The minimum Gasteiger partial charge on any atom is -0.382 e. The van der Waals surface area contributed by atoms with E-state index in [1.807, 2.05) is 0 Å². The van der Waals surface area contributed by atoms with E-state index in [0.717, 1.165) is 13.0 Å². The highest BCUT2D eigenvalue weighted by Gasteiger charge is 2.12. The molecule has 0 aliphatic carbocycles. The first kappa shape index (κ1) is 19.8. The van der Waals surface area contributed by atoms with Gasteiger partial charge in [-0.2, -0.15) is 0 Å². The van der Waals surface area contributed by atoms with Gasteiger partial charge in [-0.3, -0.25) is 0 Å². The lowest BCUT2D eigenvalue weighted by Crippen LogP contribution is -2.41. The Labute approximate surface area is 124 Å². The summed E-state index contributed by atoms with van der Waals surface area (Å²) in [5.41, 5.74) is 0.132. The largest absolute Gasteiger partial charge is 0.382 e. The van der Waals surface area contributed by atoms with Crippen molar-refractivity contribution in [3.8, 4) is 0 Å². The Morgan fingerprint density at radius 3 is 1.95 bits per heavy atom. The summed E-state index contributed by atoms with van der Waals surface area (Å²) in [6, 6.07) is 0. The van der Waals surface area contributed by atoms with Crippen LogP contribution in [0.4, 0.5) is 0 Å². The van der Waals surface area contributed by atoms with Gasteiger partial charge in [0, 0.05) is 19.2 Å². The quantitative estimate of drug-likeness (QED) is 0.525. The number of hydrogen-bond acceptors (Lipinski definition) is 5. The molecule has 0 aromatic heterocycles. The second-order valence-corrected chi connectivity index (χ2v) is 5.75. The molecule has 0 aromatic carbocycles. The molecule has 20 heavy (non-hydrogen) atoms. The minimum absolute atomic E-state index is 0.132. The summed E-state index contributed by atoms with van der Waals surface area (Å²) in [6.45, 7) is 13.2. The van der Waals surface area contributed by atoms with Crippen molar-refractivity contribution in [2.75, 3.05) is 53.3 Å². The van der Waals surface area contributed by atoms with Crippen molar-refractivity contribution in [3.05, 3.63) is 0 Å². The van der Waals surface area contributed by atoms with Gasteiger partial charge in [0.2, 0.25) is 0 Å². The van der Waals surface area contributed by atoms with Gasteiger partial charge in [0.05, 0.1) is 45.7 Å². The maximum absolute atomic E-state index is 5.78. The maximum atomic E-state index is 5.78. The summed E-state index contributed by atoms with van der Waals surface area (Å²) >= 11 is 0. The second-order valence-electron chi connectivity index (χ2n) is 5.75. The molecule has 122 valence electrons. The Kier molecular flexibility index (Phi) is 12.4. The molecule has 0 fully saturated rings. The van der Waals surface area contributed by atoms with E-state index in [0.29, 0.717) is 39.6 Å². The fraction of sp³-hybridized carbons (Fsp3) is 1.00. The number of hydrogen-bond donors (Lipinski definition) is 1. The van der Waals surface area contributed by atoms with Gasteiger partial charge in [0.1, 0.15) is 0 Å². The SMILES string of the molecule is CCC(CNC(C)(C)C)OCCOCCOCCOC. The fourth-order valence-corrected chi connectivity index (χ4v) is 1.48. The summed E-state index contributed by atoms with van der Waals surface area (Å²) in [7, 11) is 1.66. The molecule has 5 nitrogen and oxygen atoms in total. The molecule has 0 aromatic rings. The first-order valence-corrected chi connectivity index (χ1v) is 7.50. The standard InChI is InChI=1S/C15H33NO4/c1-6-14(13-16-15(2,3)4)20-12-11-19-10-9-18-8-7-17-5/h14,16H,6-13H2,1-5H3. The molecule has 0 amide bonds. The van der Waals surface area contributed by atoms with Gasteiger partial charge >= 0.3 is 0 Å². The molecule has 0 bridgehead atoms. The number of methoxy groups -OCH3 is 1. The average molecular weight is 291 g/mol. The van der Waals surface area contributed by atoms with Crippen LogP contribution in [-0.2, 0) is 18.9 Å². The fourth-order valence-electron chi connectivity index (χ4n) is 1.48. The lowest BCUT2D eigenvalue weighted by atomic mass is 10.1. The van der Waals surface area contributed by atoms with Crippen molar-refractivity contribution in [1.29, 1.82) is 0 Å². The smallest absolute Gasteiger partial charge is 0.0704 e. The summed E-state index contributed by atoms with van der Waals surface area (Å²) in [6.07, 6.45) is 1.25. The average Bonchev–Trinajstić information content (AvgIpc) is 2.39. The highest BCUT2D eigenvalue weighted by Crippen LogP contribution is 2.02. The van der Waals surface area contributed by atoms with E-state index < -0.39 is 0 Å². The molecule has 0 radical (unpaired) electrons. The molecule has 0 saturated carbocycles. The molecule has 1 unspecified atom stereocenters. The highest BCUT2D eigenvalue weighted by atomic mass is 16.6. The molecule has 1 atom stereocenters. The van der Waals surface area contributed by atoms with Crippen LogP contribution in [0.15, 0.2) is 0 Å². The molecule has 0 rings (SSSR count). The van der Waals surface area contributed by atoms with Crippen molar-refractivity contribution in [2.45, 2.75) is 45.8 Å². The van der Waals surface area contributed by atoms with Crippen LogP contribution in [0.3, 0.4) is 0 Å². The van der Waals surface area contributed by atoms with E-state index in [4.69, 9.17) is 18.9 Å². The van der Waals surface area contributed by atoms with Gasteiger partial charge in [0.25, 0.3) is 0 Å². The van der Waals surface area contributed by atoms with Crippen LogP contribution in [0.2, 0.25) is 0 Å². The molecular formula is C15H33NO4. The van der Waals surface area contributed by atoms with E-state index in [1.54, 1.807) is 7.11 Å². The summed E-state index contributed by atoms with van der Waals surface area (Å²) in [5, 5.41) is 3.46. The van der Waals surface area contributed by atoms with Gasteiger partial charge in [-0.25, -0.2) is 0 Å². The molecule has 0 saturated heterocycles. The van der Waals surface area contributed by atoms with Crippen molar-refractivity contribution >= 4 is 0 Å². The van der Waals surface area contributed by atoms with Gasteiger partial charge < -0.3 is 24.3 Å². The Morgan fingerprint density at radius 2 is 1.45 bits per heavy atom. The predicted octanol–water partition coefficient (Wildman–Crippen LogP) is 1.85. The molecule has 0 aliphatic rings. The summed E-state index contributed by atoms with van der Waals surface area (Å²) in [5.74, 6) is 0. The first-order valence-electron chi connectivity index (χ1n) is 7.50. The van der Waals surface area contributed by atoms with Gasteiger partial charge in [-0.1, -0.05) is 6.92 Å². The number of rotatable bonds is 13. The molecule has 1 N–H and O–H groups in total. The number of ether oxygens (including phenoxy) is 4. The highest BCUT2D eigenvalue weighted by molar-refractivity contribution is 4.72. The predicted molar refractivity (Wildman–Crippen MR) is 81.3 cm³/mol. The lowest BCUT2D eigenvalue weighted by Gasteiger charge is -2.24. The zero-order valence-electron chi connectivity index (χ0n) is 13.9. The molecular weight excluding hydrogens is 258 g/mol. The van der Waals surface area contributed by atoms with Crippen molar-refractivity contribution in [1.82, 2.24) is 5.32 Å². The Balaban J connectivity index is 3.38. The van der Waals surface area contributed by atoms with E-state index in [2.05, 4.69) is 33.0 Å². The zero-order valence-corrected chi connectivity index (χ0v) is 13.9. The van der Waals surface area contributed by atoms with Crippen molar-refractivity contribution in [2.24, 2.45) is 0 Å². The minimum atomic E-state index is 0.132. The second kappa shape index (κ2) is 12.5. The Hall–Kier alpha value is -0.200. The Bertz CT molecular complexity index is 207. The van der Waals surface area contributed by atoms with Crippen molar-refractivity contribution in [3.63, 3.8) is 0 Å². The third kappa shape index (κ3) is 14.2. The van der Waals surface area contributed by atoms with E-state index in [1.165, 1.54) is 0 Å². The molecule has 0 aliphatic heterocycles. The van der Waals surface area contributed by atoms with E-state index in [-0.39, 0.29) is 11.6 Å². The third-order valence-electron chi connectivity index (χ3n) is 2.70. The van der Waals surface area contributed by atoms with Crippen LogP contribution < -0.4 is 5.32 Å². The Morgan fingerprint density at radius 1 is 0.900 bits per heavy atom. The molecule has 5 heteroatoms. The third-order valence-corrected chi connectivity index (χ3v) is 2.70. The van der Waals surface area contributed by atoms with Crippen LogP contribution in [-0.4, -0.2) is 64.9 Å². The lowest BCUT2D eigenvalue weighted by molar-refractivity contribution is -0.0177. The van der Waals surface area contributed by atoms with Gasteiger partial charge in [-0.05, 0) is 27.2 Å². The topological polar surface area (TPSA) is 49.0 Å². The van der Waals surface area contributed by atoms with Gasteiger partial charge in [0.15, 0.2) is 0 Å². The van der Waals surface area contributed by atoms with Gasteiger partial charge in [-0.15, -0.1) is 0 Å². The van der Waals surface area contributed by atoms with Crippen LogP contribution in [0.1, 0.15) is 34.1 Å². The normalized spacial score (nSPS) is 13.7. The van der Waals surface area contributed by atoms with E-state index in [9.17, 15) is 0 Å². The van der Waals surface area contributed by atoms with Crippen LogP contribution >= 0.6 is 0 Å².